The second-order valence-electron chi connectivity index (χ2n) is 4.44. The van der Waals surface area contributed by atoms with E-state index in [1.165, 1.54) is 12.1 Å². The van der Waals surface area contributed by atoms with Crippen molar-refractivity contribution in [3.8, 4) is 0 Å². The molecular formula is C13H14F2O. The number of Topliss-reactive ketones (excluding diaryl/α,β-unsaturated/α-hetero) is 1. The Bertz CT molecular complexity index is 401. The Morgan fingerprint density at radius 2 is 2.12 bits per heavy atom. The molecule has 0 saturated heterocycles. The molecule has 86 valence electrons. The standard InChI is InChI=1S/C13H14F2O/c14-11-5-4-10(13(15)8-11)6-9-2-1-3-12(16)7-9/h4-5,8-9H,1-3,6-7H2. The zero-order valence-corrected chi connectivity index (χ0v) is 9.01. The van der Waals surface area contributed by atoms with Crippen LogP contribution in [0.4, 0.5) is 8.78 Å². The number of benzene rings is 1. The average molecular weight is 224 g/mol. The molecule has 0 bridgehead atoms. The van der Waals surface area contributed by atoms with Crippen LogP contribution in [0.5, 0.6) is 0 Å². The van der Waals surface area contributed by atoms with Crippen molar-refractivity contribution in [1.82, 2.24) is 0 Å². The molecule has 0 N–H and O–H groups in total. The molecule has 1 atom stereocenters. The van der Waals surface area contributed by atoms with Gasteiger partial charge in [-0.1, -0.05) is 6.07 Å². The number of hydrogen-bond acceptors (Lipinski definition) is 1. The van der Waals surface area contributed by atoms with E-state index in [4.69, 9.17) is 0 Å². The summed E-state index contributed by atoms with van der Waals surface area (Å²) >= 11 is 0. The first-order chi connectivity index (χ1) is 7.65. The lowest BCUT2D eigenvalue weighted by molar-refractivity contribution is -0.121. The first-order valence-electron chi connectivity index (χ1n) is 5.61. The SMILES string of the molecule is O=C1CCCC(Cc2ccc(F)cc2F)C1. The van der Waals surface area contributed by atoms with Gasteiger partial charge in [-0.3, -0.25) is 4.79 Å². The van der Waals surface area contributed by atoms with Gasteiger partial charge in [0.15, 0.2) is 0 Å². The maximum atomic E-state index is 13.4. The molecular weight excluding hydrogens is 210 g/mol. The molecule has 1 aromatic carbocycles. The van der Waals surface area contributed by atoms with Gasteiger partial charge in [-0.2, -0.15) is 0 Å². The fourth-order valence-corrected chi connectivity index (χ4v) is 2.29. The van der Waals surface area contributed by atoms with Crippen LogP contribution in [-0.4, -0.2) is 5.78 Å². The summed E-state index contributed by atoms with van der Waals surface area (Å²) in [5, 5.41) is 0. The summed E-state index contributed by atoms with van der Waals surface area (Å²) in [4.78, 5) is 11.2. The third-order valence-corrected chi connectivity index (χ3v) is 3.11. The van der Waals surface area contributed by atoms with Crippen LogP contribution in [0.3, 0.4) is 0 Å². The maximum absolute atomic E-state index is 13.4. The summed E-state index contributed by atoms with van der Waals surface area (Å²) in [5.41, 5.74) is 0.515. The van der Waals surface area contributed by atoms with Crippen LogP contribution < -0.4 is 0 Å². The lowest BCUT2D eigenvalue weighted by atomic mass is 9.84. The van der Waals surface area contributed by atoms with Crippen LogP contribution in [0.2, 0.25) is 0 Å². The normalized spacial score (nSPS) is 21.1. The maximum Gasteiger partial charge on any atom is 0.133 e. The Labute approximate surface area is 93.5 Å². The lowest BCUT2D eigenvalue weighted by Gasteiger charge is -2.20. The molecule has 1 nitrogen and oxygen atoms in total. The van der Waals surface area contributed by atoms with E-state index in [2.05, 4.69) is 0 Å². The Kier molecular flexibility index (Phi) is 3.32. The predicted octanol–water partition coefficient (Wildman–Crippen LogP) is 3.27. The van der Waals surface area contributed by atoms with E-state index >= 15 is 0 Å². The Balaban J connectivity index is 2.05. The van der Waals surface area contributed by atoms with Crippen molar-refractivity contribution in [3.05, 3.63) is 35.4 Å². The van der Waals surface area contributed by atoms with Gasteiger partial charge < -0.3 is 0 Å². The Hall–Kier alpha value is -1.25. The second-order valence-corrected chi connectivity index (χ2v) is 4.44. The van der Waals surface area contributed by atoms with Gasteiger partial charge in [0.1, 0.15) is 17.4 Å². The van der Waals surface area contributed by atoms with Crippen LogP contribution in [-0.2, 0) is 11.2 Å². The average Bonchev–Trinajstić information content (AvgIpc) is 2.22. The molecule has 0 aliphatic heterocycles. The second kappa shape index (κ2) is 4.73. The third kappa shape index (κ3) is 2.65. The number of carbonyl (C=O) groups excluding carboxylic acids is 1. The Morgan fingerprint density at radius 3 is 2.81 bits per heavy atom. The van der Waals surface area contributed by atoms with E-state index in [0.29, 0.717) is 24.8 Å². The number of carbonyl (C=O) groups is 1. The fourth-order valence-electron chi connectivity index (χ4n) is 2.29. The largest absolute Gasteiger partial charge is 0.300 e. The molecule has 0 spiro atoms. The van der Waals surface area contributed by atoms with Gasteiger partial charge in [-0.15, -0.1) is 0 Å². The van der Waals surface area contributed by atoms with Crippen molar-refractivity contribution in [2.24, 2.45) is 5.92 Å². The highest BCUT2D eigenvalue weighted by Gasteiger charge is 2.20. The highest BCUT2D eigenvalue weighted by atomic mass is 19.1. The van der Waals surface area contributed by atoms with Gasteiger partial charge in [0.25, 0.3) is 0 Å². The minimum absolute atomic E-state index is 0.223. The molecule has 1 aliphatic carbocycles. The van der Waals surface area contributed by atoms with Crippen LogP contribution in [0.25, 0.3) is 0 Å². The van der Waals surface area contributed by atoms with Crippen molar-refractivity contribution < 1.29 is 13.6 Å². The smallest absolute Gasteiger partial charge is 0.133 e. The minimum Gasteiger partial charge on any atom is -0.300 e. The van der Waals surface area contributed by atoms with E-state index in [-0.39, 0.29) is 11.7 Å². The Morgan fingerprint density at radius 1 is 1.31 bits per heavy atom. The van der Waals surface area contributed by atoms with Crippen LogP contribution in [0.1, 0.15) is 31.2 Å². The van der Waals surface area contributed by atoms with Gasteiger partial charge in [0.05, 0.1) is 0 Å². The molecule has 1 aromatic rings. The van der Waals surface area contributed by atoms with Crippen LogP contribution in [0.15, 0.2) is 18.2 Å². The lowest BCUT2D eigenvalue weighted by Crippen LogP contribution is -2.17. The van der Waals surface area contributed by atoms with Gasteiger partial charge in [-0.05, 0) is 36.8 Å². The van der Waals surface area contributed by atoms with E-state index in [0.717, 1.165) is 18.9 Å². The van der Waals surface area contributed by atoms with Gasteiger partial charge in [0, 0.05) is 18.9 Å². The zero-order valence-electron chi connectivity index (χ0n) is 9.01. The summed E-state index contributed by atoms with van der Waals surface area (Å²) < 4.78 is 26.1. The summed E-state index contributed by atoms with van der Waals surface area (Å²) in [6.07, 6.45) is 3.59. The highest BCUT2D eigenvalue weighted by molar-refractivity contribution is 5.79. The van der Waals surface area contributed by atoms with Crippen molar-refractivity contribution in [2.75, 3.05) is 0 Å². The molecule has 2 rings (SSSR count). The third-order valence-electron chi connectivity index (χ3n) is 3.11. The number of rotatable bonds is 2. The summed E-state index contributed by atoms with van der Waals surface area (Å²) in [7, 11) is 0. The van der Waals surface area contributed by atoms with Crippen molar-refractivity contribution in [1.29, 1.82) is 0 Å². The monoisotopic (exact) mass is 224 g/mol. The van der Waals surface area contributed by atoms with Crippen molar-refractivity contribution >= 4 is 5.78 Å². The number of ketones is 1. The van der Waals surface area contributed by atoms with Crippen molar-refractivity contribution in [2.45, 2.75) is 32.1 Å². The molecule has 1 unspecified atom stereocenters. The van der Waals surface area contributed by atoms with Gasteiger partial charge in [0.2, 0.25) is 0 Å². The summed E-state index contributed by atoms with van der Waals surface area (Å²) in [6.45, 7) is 0. The zero-order chi connectivity index (χ0) is 11.5. The number of halogens is 2. The highest BCUT2D eigenvalue weighted by Crippen LogP contribution is 2.25. The topological polar surface area (TPSA) is 17.1 Å². The van der Waals surface area contributed by atoms with E-state index in [9.17, 15) is 13.6 Å². The van der Waals surface area contributed by atoms with Crippen LogP contribution >= 0.6 is 0 Å². The van der Waals surface area contributed by atoms with Crippen molar-refractivity contribution in [3.63, 3.8) is 0 Å². The molecule has 1 fully saturated rings. The molecule has 0 aromatic heterocycles. The molecule has 0 radical (unpaired) electrons. The number of hydrogen-bond donors (Lipinski definition) is 0. The molecule has 0 amide bonds. The molecule has 1 saturated carbocycles. The van der Waals surface area contributed by atoms with E-state index in [1.807, 2.05) is 0 Å². The molecule has 1 aliphatic rings. The van der Waals surface area contributed by atoms with Gasteiger partial charge >= 0.3 is 0 Å². The molecule has 3 heteroatoms. The first-order valence-corrected chi connectivity index (χ1v) is 5.61. The van der Waals surface area contributed by atoms with Gasteiger partial charge in [-0.25, -0.2) is 8.78 Å². The first kappa shape index (κ1) is 11.2. The predicted molar refractivity (Wildman–Crippen MR) is 57.0 cm³/mol. The van der Waals surface area contributed by atoms with E-state index in [1.54, 1.807) is 0 Å². The molecule has 0 heterocycles. The van der Waals surface area contributed by atoms with E-state index < -0.39 is 11.6 Å². The fraction of sp³-hybridized carbons (Fsp3) is 0.462. The van der Waals surface area contributed by atoms with Crippen LogP contribution in [0, 0.1) is 17.6 Å². The summed E-state index contributed by atoms with van der Waals surface area (Å²) in [5.74, 6) is -0.570. The molecule has 16 heavy (non-hydrogen) atoms. The minimum atomic E-state index is -0.555. The summed E-state index contributed by atoms with van der Waals surface area (Å²) in [6, 6.07) is 3.65. The quantitative estimate of drug-likeness (QED) is 0.753.